The van der Waals surface area contributed by atoms with Gasteiger partial charge in [-0.3, -0.25) is 0 Å². The molecule has 0 saturated carbocycles. The van der Waals surface area contributed by atoms with E-state index < -0.39 is 8.80 Å². The first-order valence-electron chi connectivity index (χ1n) is 7.46. The average Bonchev–Trinajstić information content (AvgIpc) is 2.34. The van der Waals surface area contributed by atoms with Crippen molar-refractivity contribution in [2.45, 2.75) is 53.1 Å². The molecular weight excluding hydrogens is 260 g/mol. The lowest BCUT2D eigenvalue weighted by atomic mass is 10.4. The van der Waals surface area contributed by atoms with Gasteiger partial charge in [0.05, 0.1) is 0 Å². The van der Waals surface area contributed by atoms with Crippen molar-refractivity contribution in [1.82, 2.24) is 10.6 Å². The van der Waals surface area contributed by atoms with Crippen LogP contribution in [0.1, 0.15) is 41.0 Å². The highest BCUT2D eigenvalue weighted by atomic mass is 28.4. The van der Waals surface area contributed by atoms with Crippen LogP contribution < -0.4 is 10.6 Å². The zero-order valence-electron chi connectivity index (χ0n) is 13.3. The number of nitrogens with one attached hydrogen (secondary N) is 2. The minimum atomic E-state index is -2.44. The van der Waals surface area contributed by atoms with Crippen molar-refractivity contribution < 1.29 is 13.3 Å². The fraction of sp³-hybridized carbons (Fsp3) is 1.00. The molecule has 0 amide bonds. The van der Waals surface area contributed by atoms with E-state index in [2.05, 4.69) is 24.5 Å². The van der Waals surface area contributed by atoms with E-state index in [4.69, 9.17) is 13.3 Å². The molecule has 6 heteroatoms. The molecule has 0 spiro atoms. The van der Waals surface area contributed by atoms with E-state index in [1.54, 1.807) is 0 Å². The summed E-state index contributed by atoms with van der Waals surface area (Å²) < 4.78 is 17.4. The minimum Gasteiger partial charge on any atom is -0.374 e. The molecule has 0 radical (unpaired) electrons. The molecule has 5 nitrogen and oxygen atoms in total. The molecule has 0 saturated heterocycles. The van der Waals surface area contributed by atoms with Gasteiger partial charge in [0.2, 0.25) is 0 Å². The molecule has 0 aliphatic carbocycles. The van der Waals surface area contributed by atoms with Gasteiger partial charge >= 0.3 is 8.80 Å². The van der Waals surface area contributed by atoms with Gasteiger partial charge in [0.15, 0.2) is 0 Å². The van der Waals surface area contributed by atoms with Gasteiger partial charge in [0.1, 0.15) is 0 Å². The molecule has 0 unspecified atom stereocenters. The normalized spacial score (nSPS) is 12.3. The van der Waals surface area contributed by atoms with Crippen LogP contribution in [-0.2, 0) is 13.3 Å². The molecule has 0 atom stereocenters. The van der Waals surface area contributed by atoms with Crippen LogP contribution in [0.5, 0.6) is 0 Å². The third-order valence-electron chi connectivity index (χ3n) is 2.56. The van der Waals surface area contributed by atoms with E-state index in [9.17, 15) is 0 Å². The van der Waals surface area contributed by atoms with Crippen LogP contribution in [0.15, 0.2) is 0 Å². The Morgan fingerprint density at radius 3 is 1.89 bits per heavy atom. The van der Waals surface area contributed by atoms with Gasteiger partial charge in [-0.25, -0.2) is 0 Å². The number of rotatable bonds is 13. The van der Waals surface area contributed by atoms with Crippen LogP contribution in [-0.4, -0.2) is 47.9 Å². The Hall–Kier alpha value is 0.0169. The van der Waals surface area contributed by atoms with Crippen molar-refractivity contribution in [3.8, 4) is 0 Å². The molecule has 0 aliphatic heterocycles. The molecule has 116 valence electrons. The lowest BCUT2D eigenvalue weighted by molar-refractivity contribution is 0.0708. The van der Waals surface area contributed by atoms with Crippen molar-refractivity contribution in [3.63, 3.8) is 0 Å². The Kier molecular flexibility index (Phi) is 11.8. The van der Waals surface area contributed by atoms with E-state index in [-0.39, 0.29) is 0 Å². The predicted molar refractivity (Wildman–Crippen MR) is 81.2 cm³/mol. The van der Waals surface area contributed by atoms with Gasteiger partial charge in [-0.2, -0.15) is 0 Å². The summed E-state index contributed by atoms with van der Waals surface area (Å²) >= 11 is 0. The first-order chi connectivity index (χ1) is 9.10. The average molecular weight is 292 g/mol. The Morgan fingerprint density at radius 2 is 1.47 bits per heavy atom. The smallest absolute Gasteiger partial charge is 0.374 e. The minimum absolute atomic E-state index is 0.510. The monoisotopic (exact) mass is 292 g/mol. The summed E-state index contributed by atoms with van der Waals surface area (Å²) in [6.45, 7) is 14.0. The molecule has 0 aromatic rings. The molecule has 0 fully saturated rings. The number of hydrogen-bond acceptors (Lipinski definition) is 5. The summed E-state index contributed by atoms with van der Waals surface area (Å²) in [6.07, 6.45) is 1.01. The standard InChI is InChI=1S/C13H32N2O3Si/c1-6-16-19(17-7-2,18-8-3)11-9-10-14-12-15-13(4)5/h13-15H,6-12H2,1-5H3. The fourth-order valence-corrected chi connectivity index (χ4v) is 4.41. The molecule has 0 bridgehead atoms. The first kappa shape index (κ1) is 19.0. The summed E-state index contributed by atoms with van der Waals surface area (Å²) in [5.74, 6) is 0. The Morgan fingerprint density at radius 1 is 0.947 bits per heavy atom. The zero-order chi connectivity index (χ0) is 14.6. The maximum atomic E-state index is 5.81. The maximum Gasteiger partial charge on any atom is 0.500 e. The molecule has 0 rings (SSSR count). The lowest BCUT2D eigenvalue weighted by Gasteiger charge is -2.28. The van der Waals surface area contributed by atoms with Crippen molar-refractivity contribution in [2.75, 3.05) is 33.0 Å². The Balaban J connectivity index is 3.96. The van der Waals surface area contributed by atoms with Crippen LogP contribution in [0.2, 0.25) is 6.04 Å². The van der Waals surface area contributed by atoms with Gasteiger partial charge in [0.25, 0.3) is 0 Å². The van der Waals surface area contributed by atoms with Crippen molar-refractivity contribution in [3.05, 3.63) is 0 Å². The lowest BCUT2D eigenvalue weighted by Crippen LogP contribution is -2.46. The van der Waals surface area contributed by atoms with E-state index in [0.717, 1.165) is 25.7 Å². The third kappa shape index (κ3) is 9.54. The molecule has 0 aromatic heterocycles. The van der Waals surface area contributed by atoms with Gasteiger partial charge < -0.3 is 23.9 Å². The van der Waals surface area contributed by atoms with Crippen molar-refractivity contribution in [1.29, 1.82) is 0 Å². The summed E-state index contributed by atoms with van der Waals surface area (Å²) in [5.41, 5.74) is 0. The first-order valence-corrected chi connectivity index (χ1v) is 9.39. The van der Waals surface area contributed by atoms with E-state index in [1.807, 2.05) is 20.8 Å². The quantitative estimate of drug-likeness (QED) is 0.309. The third-order valence-corrected chi connectivity index (χ3v) is 5.72. The number of hydrogen-bond donors (Lipinski definition) is 2. The molecule has 0 aliphatic rings. The Bertz CT molecular complexity index is 189. The van der Waals surface area contributed by atoms with E-state index in [1.165, 1.54) is 0 Å². The largest absolute Gasteiger partial charge is 0.500 e. The van der Waals surface area contributed by atoms with Crippen LogP contribution in [0, 0.1) is 0 Å². The van der Waals surface area contributed by atoms with Gasteiger partial charge in [0, 0.05) is 38.6 Å². The van der Waals surface area contributed by atoms with Crippen LogP contribution in [0.4, 0.5) is 0 Å². The summed E-state index contributed by atoms with van der Waals surface area (Å²) in [7, 11) is -2.44. The predicted octanol–water partition coefficient (Wildman–Crippen LogP) is 1.97. The van der Waals surface area contributed by atoms with Crippen LogP contribution in [0.25, 0.3) is 0 Å². The zero-order valence-corrected chi connectivity index (χ0v) is 14.3. The van der Waals surface area contributed by atoms with Gasteiger partial charge in [-0.1, -0.05) is 0 Å². The van der Waals surface area contributed by atoms with E-state index in [0.29, 0.717) is 25.9 Å². The topological polar surface area (TPSA) is 51.8 Å². The highest BCUT2D eigenvalue weighted by Gasteiger charge is 2.39. The van der Waals surface area contributed by atoms with Gasteiger partial charge in [-0.15, -0.1) is 0 Å². The van der Waals surface area contributed by atoms with Crippen LogP contribution in [0.3, 0.4) is 0 Å². The molecule has 2 N–H and O–H groups in total. The SMILES string of the molecule is CCO[Si](CCCNCNC(C)C)(OCC)OCC. The van der Waals surface area contributed by atoms with Gasteiger partial charge in [-0.05, 0) is 47.6 Å². The summed E-state index contributed by atoms with van der Waals surface area (Å²) in [5, 5.41) is 6.69. The summed E-state index contributed by atoms with van der Waals surface area (Å²) in [4.78, 5) is 0. The van der Waals surface area contributed by atoms with Crippen molar-refractivity contribution >= 4 is 8.80 Å². The van der Waals surface area contributed by atoms with E-state index >= 15 is 0 Å². The molecule has 19 heavy (non-hydrogen) atoms. The summed E-state index contributed by atoms with van der Waals surface area (Å²) in [6, 6.07) is 1.38. The highest BCUT2D eigenvalue weighted by Crippen LogP contribution is 2.17. The molecule has 0 heterocycles. The van der Waals surface area contributed by atoms with Crippen molar-refractivity contribution in [2.24, 2.45) is 0 Å². The Labute approximate surface area is 119 Å². The fourth-order valence-electron chi connectivity index (χ4n) is 1.80. The highest BCUT2D eigenvalue weighted by molar-refractivity contribution is 6.60. The second-order valence-electron chi connectivity index (χ2n) is 4.62. The van der Waals surface area contributed by atoms with Crippen LogP contribution >= 0.6 is 0 Å². The maximum absolute atomic E-state index is 5.81. The molecular formula is C13H32N2O3Si. The second kappa shape index (κ2) is 11.8. The molecule has 0 aromatic carbocycles. The second-order valence-corrected chi connectivity index (χ2v) is 7.35.